The van der Waals surface area contributed by atoms with Crippen molar-refractivity contribution in [3.8, 4) is 11.8 Å². The summed E-state index contributed by atoms with van der Waals surface area (Å²) in [6.07, 6.45) is 0. The first-order valence-electron chi connectivity index (χ1n) is 6.26. The lowest BCUT2D eigenvalue weighted by Gasteiger charge is -2.08. The Hall–Kier alpha value is -3.40. The molecule has 2 aromatic rings. The Morgan fingerprint density at radius 2 is 2.05 bits per heavy atom. The maximum absolute atomic E-state index is 11.8. The Morgan fingerprint density at radius 3 is 2.77 bits per heavy atom. The number of carbonyl (C=O) groups is 1. The summed E-state index contributed by atoms with van der Waals surface area (Å²) in [5, 5.41) is 22.2. The molecule has 0 atom stereocenters. The van der Waals surface area contributed by atoms with Crippen molar-refractivity contribution < 1.29 is 14.5 Å². The Bertz CT molecular complexity index is 752. The van der Waals surface area contributed by atoms with Crippen molar-refractivity contribution in [1.82, 2.24) is 0 Å². The third kappa shape index (κ3) is 3.80. The maximum atomic E-state index is 11.8. The molecule has 0 radical (unpaired) electrons. The van der Waals surface area contributed by atoms with E-state index in [1.807, 2.05) is 6.07 Å². The largest absolute Gasteiger partial charge is 0.477 e. The van der Waals surface area contributed by atoms with Crippen molar-refractivity contribution in [2.45, 2.75) is 0 Å². The van der Waals surface area contributed by atoms with Gasteiger partial charge in [-0.25, -0.2) is 0 Å². The number of nitrogens with zero attached hydrogens (tertiary/aromatic N) is 2. The molecular formula is C15H11N3O4. The number of nitro benzene ring substituents is 1. The number of para-hydroxylation sites is 2. The number of hydrogen-bond donors (Lipinski definition) is 1. The molecule has 0 saturated heterocycles. The van der Waals surface area contributed by atoms with Crippen LogP contribution < -0.4 is 10.1 Å². The number of nitrogens with one attached hydrogen (secondary N) is 1. The van der Waals surface area contributed by atoms with E-state index in [-0.39, 0.29) is 18.0 Å². The van der Waals surface area contributed by atoms with Crippen LogP contribution in [0.4, 0.5) is 11.4 Å². The second kappa shape index (κ2) is 6.85. The van der Waals surface area contributed by atoms with Crippen LogP contribution in [0, 0.1) is 21.4 Å². The van der Waals surface area contributed by atoms with Gasteiger partial charge in [0, 0.05) is 11.8 Å². The monoisotopic (exact) mass is 297 g/mol. The first-order chi connectivity index (χ1) is 10.6. The lowest BCUT2D eigenvalue weighted by atomic mass is 10.2. The summed E-state index contributed by atoms with van der Waals surface area (Å²) in [7, 11) is 0. The van der Waals surface area contributed by atoms with Gasteiger partial charge in [0.15, 0.2) is 12.4 Å². The molecule has 2 aromatic carbocycles. The number of benzene rings is 2. The average Bonchev–Trinajstić information content (AvgIpc) is 2.53. The highest BCUT2D eigenvalue weighted by Crippen LogP contribution is 2.25. The van der Waals surface area contributed by atoms with Crippen molar-refractivity contribution in [3.05, 3.63) is 64.2 Å². The first-order valence-corrected chi connectivity index (χ1v) is 6.26. The quantitative estimate of drug-likeness (QED) is 0.674. The van der Waals surface area contributed by atoms with Gasteiger partial charge in [-0.3, -0.25) is 14.9 Å². The molecule has 0 bridgehead atoms. The molecule has 0 aliphatic rings. The number of amides is 1. The smallest absolute Gasteiger partial charge is 0.310 e. The van der Waals surface area contributed by atoms with Crippen molar-refractivity contribution in [1.29, 1.82) is 5.26 Å². The summed E-state index contributed by atoms with van der Waals surface area (Å²) in [6, 6.07) is 14.2. The second-order valence-corrected chi connectivity index (χ2v) is 4.25. The summed E-state index contributed by atoms with van der Waals surface area (Å²) in [5.74, 6) is -0.457. The van der Waals surface area contributed by atoms with Gasteiger partial charge in [0.25, 0.3) is 5.91 Å². The normalized spacial score (nSPS) is 9.59. The molecule has 7 nitrogen and oxygen atoms in total. The van der Waals surface area contributed by atoms with E-state index in [4.69, 9.17) is 10.00 Å². The van der Waals surface area contributed by atoms with Crippen LogP contribution in [0.5, 0.6) is 5.75 Å². The molecule has 2 rings (SSSR count). The molecule has 0 aliphatic heterocycles. The number of carbonyl (C=O) groups excluding carboxylic acids is 1. The summed E-state index contributed by atoms with van der Waals surface area (Å²) in [5.41, 5.74) is 0.661. The van der Waals surface area contributed by atoms with Gasteiger partial charge in [-0.1, -0.05) is 18.2 Å². The van der Waals surface area contributed by atoms with Gasteiger partial charge in [-0.2, -0.15) is 5.26 Å². The van der Waals surface area contributed by atoms with Gasteiger partial charge >= 0.3 is 5.69 Å². The SMILES string of the molecule is N#Cc1cccc(NC(=O)COc2ccccc2[N+](=O)[O-])c1. The van der Waals surface area contributed by atoms with E-state index in [9.17, 15) is 14.9 Å². The standard InChI is InChI=1S/C15H11N3O4/c16-9-11-4-3-5-12(8-11)17-15(19)10-22-14-7-2-1-6-13(14)18(20)21/h1-8H,10H2,(H,17,19). The van der Waals surface area contributed by atoms with Crippen LogP contribution >= 0.6 is 0 Å². The maximum Gasteiger partial charge on any atom is 0.310 e. The Labute approximate surface area is 125 Å². The Morgan fingerprint density at radius 1 is 1.27 bits per heavy atom. The third-order valence-corrected chi connectivity index (χ3v) is 2.70. The molecule has 110 valence electrons. The lowest BCUT2D eigenvalue weighted by Crippen LogP contribution is -2.20. The minimum atomic E-state index is -0.580. The van der Waals surface area contributed by atoms with Crippen LogP contribution in [0.25, 0.3) is 0 Å². The molecule has 0 heterocycles. The summed E-state index contributed by atoms with van der Waals surface area (Å²) in [4.78, 5) is 22.0. The molecule has 7 heteroatoms. The van der Waals surface area contributed by atoms with Crippen molar-refractivity contribution in [2.75, 3.05) is 11.9 Å². The second-order valence-electron chi connectivity index (χ2n) is 4.25. The van der Waals surface area contributed by atoms with E-state index in [0.717, 1.165) is 0 Å². The molecule has 0 unspecified atom stereocenters. The number of rotatable bonds is 5. The van der Waals surface area contributed by atoms with Crippen LogP contribution in [0.2, 0.25) is 0 Å². The van der Waals surface area contributed by atoms with Crippen molar-refractivity contribution in [2.24, 2.45) is 0 Å². The fourth-order valence-corrected chi connectivity index (χ4v) is 1.74. The number of anilines is 1. The molecular weight excluding hydrogens is 286 g/mol. The van der Waals surface area contributed by atoms with E-state index in [1.165, 1.54) is 24.3 Å². The van der Waals surface area contributed by atoms with E-state index in [0.29, 0.717) is 11.3 Å². The van der Waals surface area contributed by atoms with Crippen LogP contribution in [0.15, 0.2) is 48.5 Å². The number of hydrogen-bond acceptors (Lipinski definition) is 5. The van der Waals surface area contributed by atoms with E-state index in [2.05, 4.69) is 5.32 Å². The van der Waals surface area contributed by atoms with Gasteiger partial charge in [-0.15, -0.1) is 0 Å². The number of nitro groups is 1. The molecule has 0 fully saturated rings. The molecule has 0 aromatic heterocycles. The van der Waals surface area contributed by atoms with Gasteiger partial charge in [0.1, 0.15) is 0 Å². The van der Waals surface area contributed by atoms with Crippen LogP contribution in [-0.2, 0) is 4.79 Å². The van der Waals surface area contributed by atoms with E-state index in [1.54, 1.807) is 24.3 Å². The zero-order valence-electron chi connectivity index (χ0n) is 11.4. The Kier molecular flexibility index (Phi) is 4.67. The molecule has 0 spiro atoms. The summed E-state index contributed by atoms with van der Waals surface area (Å²) < 4.78 is 5.17. The van der Waals surface area contributed by atoms with E-state index >= 15 is 0 Å². The van der Waals surface area contributed by atoms with Gasteiger partial charge < -0.3 is 10.1 Å². The fraction of sp³-hybridized carbons (Fsp3) is 0.0667. The van der Waals surface area contributed by atoms with Crippen molar-refractivity contribution >= 4 is 17.3 Å². The summed E-state index contributed by atoms with van der Waals surface area (Å²) >= 11 is 0. The van der Waals surface area contributed by atoms with Crippen LogP contribution in [0.3, 0.4) is 0 Å². The third-order valence-electron chi connectivity index (χ3n) is 2.70. The molecule has 1 N–H and O–H groups in total. The Balaban J connectivity index is 1.99. The number of nitriles is 1. The zero-order chi connectivity index (χ0) is 15.9. The van der Waals surface area contributed by atoms with Crippen LogP contribution in [0.1, 0.15) is 5.56 Å². The highest BCUT2D eigenvalue weighted by atomic mass is 16.6. The zero-order valence-corrected chi connectivity index (χ0v) is 11.4. The van der Waals surface area contributed by atoms with Gasteiger partial charge in [-0.05, 0) is 24.3 Å². The molecule has 0 saturated carbocycles. The predicted molar refractivity (Wildman–Crippen MR) is 78.4 cm³/mol. The minimum Gasteiger partial charge on any atom is -0.477 e. The predicted octanol–water partition coefficient (Wildman–Crippen LogP) is 2.48. The van der Waals surface area contributed by atoms with Gasteiger partial charge in [0.2, 0.25) is 0 Å². The average molecular weight is 297 g/mol. The first kappa shape index (κ1) is 15.0. The number of ether oxygens (including phenoxy) is 1. The van der Waals surface area contributed by atoms with Crippen molar-refractivity contribution in [3.63, 3.8) is 0 Å². The topological polar surface area (TPSA) is 105 Å². The molecule has 0 aliphatic carbocycles. The van der Waals surface area contributed by atoms with Crippen LogP contribution in [-0.4, -0.2) is 17.4 Å². The van der Waals surface area contributed by atoms with E-state index < -0.39 is 10.8 Å². The highest BCUT2D eigenvalue weighted by Gasteiger charge is 2.14. The highest BCUT2D eigenvalue weighted by molar-refractivity contribution is 5.92. The lowest BCUT2D eigenvalue weighted by molar-refractivity contribution is -0.385. The molecule has 1 amide bonds. The molecule has 22 heavy (non-hydrogen) atoms. The minimum absolute atomic E-state index is 0.0217. The fourth-order valence-electron chi connectivity index (χ4n) is 1.74. The van der Waals surface area contributed by atoms with Gasteiger partial charge in [0.05, 0.1) is 16.6 Å². The summed E-state index contributed by atoms with van der Waals surface area (Å²) in [6.45, 7) is -0.373.